The minimum absolute atomic E-state index is 0.317. The van der Waals surface area contributed by atoms with Crippen LogP contribution in [0.5, 0.6) is 5.75 Å². The zero-order valence-corrected chi connectivity index (χ0v) is 13.2. The summed E-state index contributed by atoms with van der Waals surface area (Å²) in [6, 6.07) is 13.2. The summed E-state index contributed by atoms with van der Waals surface area (Å²) in [5, 5.41) is 10.2. The van der Waals surface area contributed by atoms with Crippen molar-refractivity contribution >= 4 is 16.9 Å². The molecule has 3 aromatic rings. The van der Waals surface area contributed by atoms with Crippen molar-refractivity contribution in [2.45, 2.75) is 27.0 Å². The van der Waals surface area contributed by atoms with Gasteiger partial charge < -0.3 is 14.4 Å². The lowest BCUT2D eigenvalue weighted by Crippen LogP contribution is -2.00. The molecule has 0 aliphatic carbocycles. The van der Waals surface area contributed by atoms with Gasteiger partial charge in [0.15, 0.2) is 0 Å². The van der Waals surface area contributed by atoms with Crippen LogP contribution in [0.4, 0.5) is 0 Å². The van der Waals surface area contributed by atoms with E-state index >= 15 is 0 Å². The third-order valence-electron chi connectivity index (χ3n) is 3.94. The van der Waals surface area contributed by atoms with Crippen LogP contribution < -0.4 is 4.74 Å². The number of hydrogen-bond donors (Lipinski definition) is 1. The lowest BCUT2D eigenvalue weighted by Gasteiger charge is -2.07. The van der Waals surface area contributed by atoms with Crippen molar-refractivity contribution in [1.82, 2.24) is 4.57 Å². The van der Waals surface area contributed by atoms with Crippen LogP contribution in [0, 0.1) is 6.92 Å². The van der Waals surface area contributed by atoms with Crippen LogP contribution in [-0.4, -0.2) is 15.6 Å². The van der Waals surface area contributed by atoms with Crippen LogP contribution in [0.25, 0.3) is 10.9 Å². The van der Waals surface area contributed by atoms with E-state index in [1.54, 1.807) is 12.1 Å². The van der Waals surface area contributed by atoms with E-state index in [1.807, 2.05) is 50.4 Å². The van der Waals surface area contributed by atoms with Gasteiger partial charge in [0, 0.05) is 29.2 Å². The lowest BCUT2D eigenvalue weighted by molar-refractivity contribution is 0.0699. The highest BCUT2D eigenvalue weighted by atomic mass is 16.5. The standard InChI is InChI=1S/C19H19NO3/c1-3-20-11-14(12-23-15-7-4-6-13(2)10-15)18-16(19(21)22)8-5-9-17(18)20/h4-11H,3,12H2,1-2H3,(H,21,22). The minimum atomic E-state index is -0.916. The Morgan fingerprint density at radius 2 is 2.00 bits per heavy atom. The summed E-state index contributed by atoms with van der Waals surface area (Å²) in [4.78, 5) is 11.5. The molecule has 0 aliphatic heterocycles. The fraction of sp³-hybridized carbons (Fsp3) is 0.211. The molecule has 4 nitrogen and oxygen atoms in total. The van der Waals surface area contributed by atoms with Gasteiger partial charge in [0.1, 0.15) is 12.4 Å². The van der Waals surface area contributed by atoms with Crippen molar-refractivity contribution in [3.8, 4) is 5.75 Å². The Bertz CT molecular complexity index is 864. The molecule has 2 aromatic carbocycles. The van der Waals surface area contributed by atoms with Gasteiger partial charge in [0.25, 0.3) is 0 Å². The SMILES string of the molecule is CCn1cc(COc2cccc(C)c2)c2c(C(=O)O)cccc21. The Labute approximate surface area is 134 Å². The first-order valence-electron chi connectivity index (χ1n) is 7.63. The molecule has 0 aliphatic rings. The maximum Gasteiger partial charge on any atom is 0.336 e. The number of carbonyl (C=O) groups is 1. The molecule has 4 heteroatoms. The fourth-order valence-corrected chi connectivity index (χ4v) is 2.85. The van der Waals surface area contributed by atoms with E-state index in [9.17, 15) is 9.90 Å². The number of carboxylic acids is 1. The van der Waals surface area contributed by atoms with Gasteiger partial charge in [0.05, 0.1) is 5.56 Å². The van der Waals surface area contributed by atoms with Gasteiger partial charge in [-0.15, -0.1) is 0 Å². The van der Waals surface area contributed by atoms with E-state index in [-0.39, 0.29) is 0 Å². The van der Waals surface area contributed by atoms with E-state index in [0.29, 0.717) is 12.2 Å². The molecule has 3 rings (SSSR count). The van der Waals surface area contributed by atoms with Crippen molar-refractivity contribution < 1.29 is 14.6 Å². The highest BCUT2D eigenvalue weighted by Crippen LogP contribution is 2.27. The molecule has 0 spiro atoms. The van der Waals surface area contributed by atoms with Crippen molar-refractivity contribution in [3.05, 3.63) is 65.4 Å². The molecular weight excluding hydrogens is 290 g/mol. The van der Waals surface area contributed by atoms with Gasteiger partial charge in [-0.2, -0.15) is 0 Å². The first kappa shape index (κ1) is 15.2. The smallest absolute Gasteiger partial charge is 0.336 e. The van der Waals surface area contributed by atoms with Crippen LogP contribution in [0.15, 0.2) is 48.7 Å². The predicted molar refractivity (Wildman–Crippen MR) is 90.1 cm³/mol. The summed E-state index contributed by atoms with van der Waals surface area (Å²) in [7, 11) is 0. The van der Waals surface area contributed by atoms with E-state index in [2.05, 4.69) is 4.57 Å². The normalized spacial score (nSPS) is 10.9. The Kier molecular flexibility index (Phi) is 4.06. The van der Waals surface area contributed by atoms with Crippen LogP contribution >= 0.6 is 0 Å². The van der Waals surface area contributed by atoms with E-state index in [4.69, 9.17) is 4.74 Å². The number of hydrogen-bond acceptors (Lipinski definition) is 2. The second-order valence-corrected chi connectivity index (χ2v) is 5.55. The summed E-state index contributed by atoms with van der Waals surface area (Å²) >= 11 is 0. The number of carboxylic acid groups (broad SMARTS) is 1. The summed E-state index contributed by atoms with van der Waals surface area (Å²) in [6.07, 6.45) is 1.98. The van der Waals surface area contributed by atoms with Gasteiger partial charge >= 0.3 is 5.97 Å². The molecule has 1 aromatic heterocycles. The number of aromatic nitrogens is 1. The fourth-order valence-electron chi connectivity index (χ4n) is 2.85. The Hall–Kier alpha value is -2.75. The molecule has 0 saturated heterocycles. The third-order valence-corrected chi connectivity index (χ3v) is 3.94. The average Bonchev–Trinajstić information content (AvgIpc) is 2.91. The number of aromatic carboxylic acids is 1. The molecule has 0 atom stereocenters. The molecule has 23 heavy (non-hydrogen) atoms. The monoisotopic (exact) mass is 309 g/mol. The zero-order chi connectivity index (χ0) is 16.4. The zero-order valence-electron chi connectivity index (χ0n) is 13.2. The van der Waals surface area contributed by atoms with Crippen molar-refractivity contribution in [2.75, 3.05) is 0 Å². The van der Waals surface area contributed by atoms with Crippen molar-refractivity contribution in [3.63, 3.8) is 0 Å². The maximum atomic E-state index is 11.5. The second kappa shape index (κ2) is 6.16. The molecule has 0 bridgehead atoms. The topological polar surface area (TPSA) is 51.5 Å². The molecule has 0 amide bonds. The third kappa shape index (κ3) is 2.93. The van der Waals surface area contributed by atoms with Gasteiger partial charge in [-0.3, -0.25) is 0 Å². The number of aryl methyl sites for hydroxylation is 2. The summed E-state index contributed by atoms with van der Waals surface area (Å²) in [5.41, 5.74) is 3.26. The second-order valence-electron chi connectivity index (χ2n) is 5.55. The largest absolute Gasteiger partial charge is 0.489 e. The van der Waals surface area contributed by atoms with Crippen LogP contribution in [0.1, 0.15) is 28.4 Å². The van der Waals surface area contributed by atoms with Crippen molar-refractivity contribution in [2.24, 2.45) is 0 Å². The average molecular weight is 309 g/mol. The molecule has 0 unspecified atom stereocenters. The summed E-state index contributed by atoms with van der Waals surface area (Å²) in [6.45, 7) is 5.18. The number of benzene rings is 2. The maximum absolute atomic E-state index is 11.5. The first-order valence-corrected chi connectivity index (χ1v) is 7.63. The number of nitrogens with zero attached hydrogens (tertiary/aromatic N) is 1. The Morgan fingerprint density at radius 3 is 2.70 bits per heavy atom. The van der Waals surface area contributed by atoms with Gasteiger partial charge in [0.2, 0.25) is 0 Å². The van der Waals surface area contributed by atoms with Gasteiger partial charge in [-0.25, -0.2) is 4.79 Å². The molecular formula is C19H19NO3. The van der Waals surface area contributed by atoms with Gasteiger partial charge in [-0.1, -0.05) is 18.2 Å². The molecule has 1 heterocycles. The number of ether oxygens (including phenoxy) is 1. The van der Waals surface area contributed by atoms with Crippen LogP contribution in [-0.2, 0) is 13.2 Å². The Morgan fingerprint density at radius 1 is 1.22 bits per heavy atom. The first-order chi connectivity index (χ1) is 11.1. The highest BCUT2D eigenvalue weighted by molar-refractivity contribution is 6.04. The van der Waals surface area contributed by atoms with Crippen molar-refractivity contribution in [1.29, 1.82) is 0 Å². The number of fused-ring (bicyclic) bond motifs is 1. The van der Waals surface area contributed by atoms with E-state index in [1.165, 1.54) is 0 Å². The molecule has 0 radical (unpaired) electrons. The van der Waals surface area contributed by atoms with Crippen LogP contribution in [0.2, 0.25) is 0 Å². The lowest BCUT2D eigenvalue weighted by atomic mass is 10.1. The minimum Gasteiger partial charge on any atom is -0.489 e. The van der Waals surface area contributed by atoms with Gasteiger partial charge in [-0.05, 0) is 43.7 Å². The van der Waals surface area contributed by atoms with E-state index in [0.717, 1.165) is 34.3 Å². The highest BCUT2D eigenvalue weighted by Gasteiger charge is 2.16. The number of rotatable bonds is 5. The van der Waals surface area contributed by atoms with E-state index < -0.39 is 5.97 Å². The predicted octanol–water partition coefficient (Wildman–Crippen LogP) is 4.25. The van der Waals surface area contributed by atoms with Crippen LogP contribution in [0.3, 0.4) is 0 Å². The molecule has 1 N–H and O–H groups in total. The Balaban J connectivity index is 2.01. The molecule has 118 valence electrons. The summed E-state index contributed by atoms with van der Waals surface area (Å²) in [5.74, 6) is -0.128. The molecule has 0 saturated carbocycles. The quantitative estimate of drug-likeness (QED) is 0.766. The molecule has 0 fully saturated rings. The summed E-state index contributed by atoms with van der Waals surface area (Å²) < 4.78 is 7.92.